The van der Waals surface area contributed by atoms with Gasteiger partial charge in [0.2, 0.25) is 0 Å². The standard InChI is InChI=1S/C19H25ClN4O2/c1-4-8-22-9-5-10-23(12-11-22)19(25)17-7-6-16(26-17)13-24-15(3)18(20)14(2)21-24/h4,6-7H,1,5,8-13H2,2-3H3. The van der Waals surface area contributed by atoms with Crippen LogP contribution >= 0.6 is 11.6 Å². The highest BCUT2D eigenvalue weighted by Gasteiger charge is 2.22. The van der Waals surface area contributed by atoms with Crippen molar-refractivity contribution in [3.63, 3.8) is 0 Å². The molecule has 0 unspecified atom stereocenters. The zero-order chi connectivity index (χ0) is 18.7. The third-order valence-corrected chi connectivity index (χ3v) is 5.28. The van der Waals surface area contributed by atoms with Crippen molar-refractivity contribution >= 4 is 17.5 Å². The van der Waals surface area contributed by atoms with Crippen LogP contribution in [0.2, 0.25) is 5.02 Å². The molecule has 140 valence electrons. The number of rotatable bonds is 5. The quantitative estimate of drug-likeness (QED) is 0.752. The van der Waals surface area contributed by atoms with Crippen LogP contribution in [0, 0.1) is 13.8 Å². The molecule has 1 saturated heterocycles. The molecule has 0 radical (unpaired) electrons. The van der Waals surface area contributed by atoms with E-state index in [2.05, 4.69) is 16.6 Å². The first-order valence-corrected chi connectivity index (χ1v) is 9.28. The Kier molecular flexibility index (Phi) is 5.84. The number of carbonyl (C=O) groups excluding carboxylic acids is 1. The number of amides is 1. The van der Waals surface area contributed by atoms with Crippen molar-refractivity contribution in [1.82, 2.24) is 19.6 Å². The van der Waals surface area contributed by atoms with Gasteiger partial charge in [-0.2, -0.15) is 5.10 Å². The van der Waals surface area contributed by atoms with Crippen LogP contribution in [0.1, 0.15) is 34.1 Å². The highest BCUT2D eigenvalue weighted by Crippen LogP contribution is 2.21. The lowest BCUT2D eigenvalue weighted by atomic mass is 10.3. The van der Waals surface area contributed by atoms with Crippen LogP contribution < -0.4 is 0 Å². The summed E-state index contributed by atoms with van der Waals surface area (Å²) in [5.74, 6) is 1.02. The monoisotopic (exact) mass is 376 g/mol. The van der Waals surface area contributed by atoms with E-state index in [1.165, 1.54) is 0 Å². The number of furan rings is 1. The van der Waals surface area contributed by atoms with E-state index in [4.69, 9.17) is 16.0 Å². The van der Waals surface area contributed by atoms with E-state index in [-0.39, 0.29) is 5.91 Å². The molecule has 1 aliphatic heterocycles. The van der Waals surface area contributed by atoms with Crippen LogP contribution in [0.3, 0.4) is 0 Å². The van der Waals surface area contributed by atoms with Gasteiger partial charge in [0.1, 0.15) is 5.76 Å². The summed E-state index contributed by atoms with van der Waals surface area (Å²) >= 11 is 6.19. The molecule has 0 N–H and O–H groups in total. The first-order valence-electron chi connectivity index (χ1n) is 8.90. The average Bonchev–Trinajstić information content (AvgIpc) is 3.08. The fourth-order valence-corrected chi connectivity index (χ4v) is 3.38. The minimum absolute atomic E-state index is 0.0527. The molecule has 2 aromatic heterocycles. The molecule has 2 aromatic rings. The molecule has 0 atom stereocenters. The summed E-state index contributed by atoms with van der Waals surface area (Å²) < 4.78 is 7.59. The predicted molar refractivity (Wildman–Crippen MR) is 102 cm³/mol. The second kappa shape index (κ2) is 8.10. The summed E-state index contributed by atoms with van der Waals surface area (Å²) in [6, 6.07) is 3.58. The first-order chi connectivity index (χ1) is 12.5. The third kappa shape index (κ3) is 4.02. The number of aryl methyl sites for hydroxylation is 1. The molecule has 1 amide bonds. The lowest BCUT2D eigenvalue weighted by molar-refractivity contribution is 0.0728. The predicted octanol–water partition coefficient (Wildman–Crippen LogP) is 3.13. The maximum absolute atomic E-state index is 12.8. The number of hydrogen-bond acceptors (Lipinski definition) is 4. The lowest BCUT2D eigenvalue weighted by Gasteiger charge is -2.20. The van der Waals surface area contributed by atoms with Gasteiger partial charge in [-0.25, -0.2) is 0 Å². The lowest BCUT2D eigenvalue weighted by Crippen LogP contribution is -2.35. The minimum atomic E-state index is -0.0527. The molecule has 0 spiro atoms. The van der Waals surface area contributed by atoms with Crippen LogP contribution in [0.25, 0.3) is 0 Å². The van der Waals surface area contributed by atoms with E-state index in [1.54, 1.807) is 10.7 Å². The van der Waals surface area contributed by atoms with E-state index >= 15 is 0 Å². The molecule has 1 fully saturated rings. The number of halogens is 1. The van der Waals surface area contributed by atoms with Crippen molar-refractivity contribution in [2.75, 3.05) is 32.7 Å². The molecule has 7 heteroatoms. The molecular weight excluding hydrogens is 352 g/mol. The average molecular weight is 377 g/mol. The molecule has 3 heterocycles. The van der Waals surface area contributed by atoms with Crippen molar-refractivity contribution in [1.29, 1.82) is 0 Å². The summed E-state index contributed by atoms with van der Waals surface area (Å²) in [6.45, 7) is 12.2. The summed E-state index contributed by atoms with van der Waals surface area (Å²) in [5, 5.41) is 5.07. The fourth-order valence-electron chi connectivity index (χ4n) is 3.25. The highest BCUT2D eigenvalue weighted by molar-refractivity contribution is 6.31. The van der Waals surface area contributed by atoms with Crippen LogP contribution in [0.5, 0.6) is 0 Å². The van der Waals surface area contributed by atoms with Gasteiger partial charge in [0.15, 0.2) is 5.76 Å². The van der Waals surface area contributed by atoms with E-state index in [1.807, 2.05) is 30.9 Å². The Morgan fingerprint density at radius 3 is 2.81 bits per heavy atom. The van der Waals surface area contributed by atoms with Crippen molar-refractivity contribution in [3.8, 4) is 0 Å². The smallest absolute Gasteiger partial charge is 0.289 e. The van der Waals surface area contributed by atoms with Crippen molar-refractivity contribution < 1.29 is 9.21 Å². The zero-order valence-corrected chi connectivity index (χ0v) is 16.1. The molecule has 26 heavy (non-hydrogen) atoms. The molecule has 0 saturated carbocycles. The Balaban J connectivity index is 1.66. The van der Waals surface area contributed by atoms with Gasteiger partial charge >= 0.3 is 0 Å². The normalized spacial score (nSPS) is 15.9. The molecule has 0 aromatic carbocycles. The molecular formula is C19H25ClN4O2. The zero-order valence-electron chi connectivity index (χ0n) is 15.4. The van der Waals surface area contributed by atoms with E-state index in [0.717, 1.165) is 44.0 Å². The van der Waals surface area contributed by atoms with Crippen LogP contribution in [-0.2, 0) is 6.54 Å². The summed E-state index contributed by atoms with van der Waals surface area (Å²) in [5.41, 5.74) is 1.68. The Bertz CT molecular complexity index is 796. The first kappa shape index (κ1) is 18.7. The Morgan fingerprint density at radius 2 is 2.12 bits per heavy atom. The maximum atomic E-state index is 12.8. The minimum Gasteiger partial charge on any atom is -0.454 e. The number of carbonyl (C=O) groups is 1. The van der Waals surface area contributed by atoms with Gasteiger partial charge in [0.05, 0.1) is 23.0 Å². The maximum Gasteiger partial charge on any atom is 0.289 e. The summed E-state index contributed by atoms with van der Waals surface area (Å²) in [6.07, 6.45) is 2.86. The van der Waals surface area contributed by atoms with Crippen molar-refractivity contribution in [3.05, 3.63) is 52.7 Å². The number of aromatic nitrogens is 2. The van der Waals surface area contributed by atoms with Crippen LogP contribution in [0.15, 0.2) is 29.2 Å². The fraction of sp³-hybridized carbons (Fsp3) is 0.474. The van der Waals surface area contributed by atoms with Crippen molar-refractivity contribution in [2.24, 2.45) is 0 Å². The Morgan fingerprint density at radius 1 is 1.31 bits per heavy atom. The van der Waals surface area contributed by atoms with Gasteiger partial charge in [-0.05, 0) is 32.4 Å². The Hall–Kier alpha value is -2.05. The van der Waals surface area contributed by atoms with Crippen LogP contribution in [0.4, 0.5) is 0 Å². The SMILES string of the molecule is C=CCN1CCCN(C(=O)c2ccc(Cn3nc(C)c(Cl)c3C)o2)CC1. The van der Waals surface area contributed by atoms with Gasteiger partial charge in [0.25, 0.3) is 5.91 Å². The molecule has 1 aliphatic rings. The Labute approximate surface area is 159 Å². The van der Waals surface area contributed by atoms with Gasteiger partial charge < -0.3 is 9.32 Å². The van der Waals surface area contributed by atoms with Gasteiger partial charge in [0, 0.05) is 32.7 Å². The molecule has 6 nitrogen and oxygen atoms in total. The number of hydrogen-bond donors (Lipinski definition) is 0. The molecule has 3 rings (SSSR count). The second-order valence-electron chi connectivity index (χ2n) is 6.64. The number of nitrogens with zero attached hydrogens (tertiary/aromatic N) is 4. The van der Waals surface area contributed by atoms with Gasteiger partial charge in [-0.15, -0.1) is 6.58 Å². The summed E-state index contributed by atoms with van der Waals surface area (Å²) in [4.78, 5) is 16.9. The topological polar surface area (TPSA) is 54.5 Å². The van der Waals surface area contributed by atoms with Crippen LogP contribution in [-0.4, -0.2) is 58.2 Å². The largest absolute Gasteiger partial charge is 0.454 e. The molecule has 0 aliphatic carbocycles. The van der Waals surface area contributed by atoms with Crippen molar-refractivity contribution in [2.45, 2.75) is 26.8 Å². The second-order valence-corrected chi connectivity index (χ2v) is 7.02. The highest BCUT2D eigenvalue weighted by atomic mass is 35.5. The molecule has 0 bridgehead atoms. The summed E-state index contributed by atoms with van der Waals surface area (Å²) in [7, 11) is 0. The van der Waals surface area contributed by atoms with Gasteiger partial charge in [-0.3, -0.25) is 14.4 Å². The van der Waals surface area contributed by atoms with E-state index in [9.17, 15) is 4.79 Å². The van der Waals surface area contributed by atoms with E-state index in [0.29, 0.717) is 29.6 Å². The van der Waals surface area contributed by atoms with E-state index < -0.39 is 0 Å². The van der Waals surface area contributed by atoms with Gasteiger partial charge in [-0.1, -0.05) is 17.7 Å². The third-order valence-electron chi connectivity index (χ3n) is 4.73.